The lowest BCUT2D eigenvalue weighted by Gasteiger charge is -2.36. The molecule has 0 radical (unpaired) electrons. The van der Waals surface area contributed by atoms with Crippen molar-refractivity contribution in [2.75, 3.05) is 31.2 Å². The van der Waals surface area contributed by atoms with Gasteiger partial charge in [-0.1, -0.05) is 32.1 Å². The first-order chi connectivity index (χ1) is 13.3. The van der Waals surface area contributed by atoms with E-state index in [1.165, 1.54) is 11.3 Å². The van der Waals surface area contributed by atoms with Crippen molar-refractivity contribution >= 4 is 28.3 Å². The normalized spacial score (nSPS) is 23.4. The van der Waals surface area contributed by atoms with Crippen molar-refractivity contribution in [2.45, 2.75) is 53.4 Å². The fourth-order valence-corrected chi connectivity index (χ4v) is 5.00. The summed E-state index contributed by atoms with van der Waals surface area (Å²) in [5.74, 6) is 0.248. The number of nitrogens with one attached hydrogen (secondary N) is 2. The molecule has 2 heterocycles. The highest BCUT2D eigenvalue weighted by atomic mass is 32.1. The predicted octanol–water partition coefficient (Wildman–Crippen LogP) is 2.90. The summed E-state index contributed by atoms with van der Waals surface area (Å²) < 4.78 is 5.36. The summed E-state index contributed by atoms with van der Waals surface area (Å²) in [6.45, 7) is 11.5. The third kappa shape index (κ3) is 5.03. The maximum absolute atomic E-state index is 12.5. The van der Waals surface area contributed by atoms with Crippen LogP contribution in [-0.4, -0.2) is 43.1 Å². The Kier molecular flexibility index (Phi) is 6.60. The van der Waals surface area contributed by atoms with Crippen molar-refractivity contribution in [1.82, 2.24) is 15.8 Å². The quantitative estimate of drug-likeness (QED) is 0.752. The number of hydrazine groups is 1. The second-order valence-corrected chi connectivity index (χ2v) is 9.85. The molecule has 3 rings (SSSR count). The zero-order valence-corrected chi connectivity index (χ0v) is 18.2. The number of hydrogen-bond acceptors (Lipinski definition) is 6. The van der Waals surface area contributed by atoms with Crippen LogP contribution in [-0.2, 0) is 9.53 Å². The second kappa shape index (κ2) is 8.78. The Balaban J connectivity index is 1.50. The van der Waals surface area contributed by atoms with E-state index in [-0.39, 0.29) is 23.1 Å². The van der Waals surface area contributed by atoms with E-state index in [0.29, 0.717) is 29.7 Å². The molecule has 2 N–H and O–H groups in total. The molecular formula is C20H32N4O3S. The van der Waals surface area contributed by atoms with E-state index in [1.807, 2.05) is 6.92 Å². The van der Waals surface area contributed by atoms with Gasteiger partial charge < -0.3 is 9.64 Å². The molecule has 2 aliphatic rings. The number of aromatic nitrogens is 1. The molecule has 2 amide bonds. The van der Waals surface area contributed by atoms with Crippen LogP contribution in [0.5, 0.6) is 0 Å². The predicted molar refractivity (Wildman–Crippen MR) is 110 cm³/mol. The minimum absolute atomic E-state index is 0.0228. The highest BCUT2D eigenvalue weighted by Gasteiger charge is 2.32. The molecule has 0 spiro atoms. The molecule has 1 aromatic heterocycles. The molecule has 2 fully saturated rings. The van der Waals surface area contributed by atoms with E-state index in [1.54, 1.807) is 0 Å². The van der Waals surface area contributed by atoms with E-state index in [4.69, 9.17) is 4.74 Å². The fraction of sp³-hybridized carbons (Fsp3) is 0.750. The van der Waals surface area contributed by atoms with Gasteiger partial charge in [0.05, 0.1) is 18.9 Å². The Morgan fingerprint density at radius 1 is 1.11 bits per heavy atom. The molecule has 1 aromatic rings. The minimum atomic E-state index is -0.300. The first-order valence-electron chi connectivity index (χ1n) is 10.2. The van der Waals surface area contributed by atoms with Gasteiger partial charge in [0.25, 0.3) is 5.91 Å². The van der Waals surface area contributed by atoms with E-state index in [0.717, 1.165) is 43.9 Å². The van der Waals surface area contributed by atoms with Crippen molar-refractivity contribution in [3.63, 3.8) is 0 Å². The molecule has 1 saturated heterocycles. The van der Waals surface area contributed by atoms with Crippen LogP contribution in [0.2, 0.25) is 0 Å². The number of carbonyl (C=O) groups is 2. The van der Waals surface area contributed by atoms with Gasteiger partial charge in [0.15, 0.2) is 5.13 Å². The summed E-state index contributed by atoms with van der Waals surface area (Å²) in [6.07, 6.45) is 3.88. The number of nitrogens with zero attached hydrogens (tertiary/aromatic N) is 2. The van der Waals surface area contributed by atoms with Crippen LogP contribution >= 0.6 is 11.3 Å². The molecule has 0 atom stereocenters. The molecule has 0 unspecified atom stereocenters. The van der Waals surface area contributed by atoms with Crippen LogP contribution < -0.4 is 15.8 Å². The van der Waals surface area contributed by atoms with E-state index >= 15 is 0 Å². The number of carbonyl (C=O) groups excluding carboxylic acids is 2. The second-order valence-electron chi connectivity index (χ2n) is 8.87. The van der Waals surface area contributed by atoms with Crippen LogP contribution in [0.15, 0.2) is 0 Å². The largest absolute Gasteiger partial charge is 0.378 e. The Morgan fingerprint density at radius 3 is 2.36 bits per heavy atom. The molecule has 1 saturated carbocycles. The zero-order chi connectivity index (χ0) is 20.3. The monoisotopic (exact) mass is 408 g/mol. The van der Waals surface area contributed by atoms with Crippen LogP contribution in [0.1, 0.15) is 61.8 Å². The summed E-state index contributed by atoms with van der Waals surface area (Å²) in [4.78, 5) is 32.2. The van der Waals surface area contributed by atoms with Crippen molar-refractivity contribution in [3.05, 3.63) is 10.6 Å². The van der Waals surface area contributed by atoms with E-state index in [9.17, 15) is 9.59 Å². The van der Waals surface area contributed by atoms with Gasteiger partial charge in [0.1, 0.15) is 4.88 Å². The number of anilines is 1. The molecule has 1 aliphatic carbocycles. The summed E-state index contributed by atoms with van der Waals surface area (Å²) in [7, 11) is 0. The van der Waals surface area contributed by atoms with Gasteiger partial charge in [-0.3, -0.25) is 20.4 Å². The summed E-state index contributed by atoms with van der Waals surface area (Å²) >= 11 is 1.36. The van der Waals surface area contributed by atoms with Crippen molar-refractivity contribution in [1.29, 1.82) is 0 Å². The average molecular weight is 409 g/mol. The maximum Gasteiger partial charge on any atom is 0.281 e. The standard InChI is InChI=1S/C20H32N4O3S/c1-13-16(28-19(21-13)24-9-11-27-12-10-24)18(26)23-22-17(25)14-5-7-15(8-6-14)20(2,3)4/h14-15H,5-12H2,1-4H3,(H,22,25)(H,23,26). The van der Waals surface area contributed by atoms with Gasteiger partial charge in [-0.15, -0.1) is 0 Å². The molecular weight excluding hydrogens is 376 g/mol. The SMILES string of the molecule is Cc1nc(N2CCOCC2)sc1C(=O)NNC(=O)C1CCC(C(C)(C)C)CC1. The van der Waals surface area contributed by atoms with Gasteiger partial charge in [-0.05, 0) is 43.9 Å². The molecule has 0 bridgehead atoms. The molecule has 28 heavy (non-hydrogen) atoms. The summed E-state index contributed by atoms with van der Waals surface area (Å²) in [6, 6.07) is 0. The highest BCUT2D eigenvalue weighted by Crippen LogP contribution is 2.39. The number of rotatable bonds is 3. The Labute approximate surface area is 171 Å². The number of amides is 2. The van der Waals surface area contributed by atoms with Crippen molar-refractivity contribution in [2.24, 2.45) is 17.3 Å². The fourth-order valence-electron chi connectivity index (χ4n) is 3.98. The van der Waals surface area contributed by atoms with Crippen molar-refractivity contribution < 1.29 is 14.3 Å². The number of morpholine rings is 1. The average Bonchev–Trinajstić information content (AvgIpc) is 3.08. The number of hydrogen-bond donors (Lipinski definition) is 2. The highest BCUT2D eigenvalue weighted by molar-refractivity contribution is 7.17. The van der Waals surface area contributed by atoms with Gasteiger partial charge in [0.2, 0.25) is 5.91 Å². The minimum Gasteiger partial charge on any atom is -0.378 e. The van der Waals surface area contributed by atoms with Gasteiger partial charge in [-0.2, -0.15) is 0 Å². The molecule has 0 aromatic carbocycles. The summed E-state index contributed by atoms with van der Waals surface area (Å²) in [5, 5.41) is 0.831. The van der Waals surface area contributed by atoms with E-state index in [2.05, 4.69) is 41.5 Å². The maximum atomic E-state index is 12.5. The first kappa shape index (κ1) is 21.0. The zero-order valence-electron chi connectivity index (χ0n) is 17.3. The van der Waals surface area contributed by atoms with Crippen LogP contribution in [0.3, 0.4) is 0 Å². The van der Waals surface area contributed by atoms with E-state index < -0.39 is 0 Å². The first-order valence-corrected chi connectivity index (χ1v) is 11.0. The third-order valence-electron chi connectivity index (χ3n) is 5.90. The van der Waals surface area contributed by atoms with Crippen LogP contribution in [0, 0.1) is 24.2 Å². The van der Waals surface area contributed by atoms with Crippen molar-refractivity contribution in [3.8, 4) is 0 Å². The van der Waals surface area contributed by atoms with Gasteiger partial charge >= 0.3 is 0 Å². The molecule has 7 nitrogen and oxygen atoms in total. The van der Waals surface area contributed by atoms with Gasteiger partial charge in [-0.25, -0.2) is 4.98 Å². The van der Waals surface area contributed by atoms with Crippen LogP contribution in [0.4, 0.5) is 5.13 Å². The lowest BCUT2D eigenvalue weighted by molar-refractivity contribution is -0.127. The number of aryl methyl sites for hydroxylation is 1. The summed E-state index contributed by atoms with van der Waals surface area (Å²) in [5.41, 5.74) is 6.18. The lowest BCUT2D eigenvalue weighted by Crippen LogP contribution is -2.45. The molecule has 1 aliphatic heterocycles. The molecule has 156 valence electrons. The Bertz CT molecular complexity index is 699. The Morgan fingerprint density at radius 2 is 1.75 bits per heavy atom. The molecule has 8 heteroatoms. The topological polar surface area (TPSA) is 83.6 Å². The van der Waals surface area contributed by atoms with Gasteiger partial charge in [0, 0.05) is 19.0 Å². The third-order valence-corrected chi connectivity index (χ3v) is 7.11. The number of ether oxygens (including phenoxy) is 1. The smallest absolute Gasteiger partial charge is 0.281 e. The lowest BCUT2D eigenvalue weighted by atomic mass is 9.70. The number of thiazole rings is 1. The van der Waals surface area contributed by atoms with Crippen LogP contribution in [0.25, 0.3) is 0 Å². The Hall–Kier alpha value is -1.67.